The van der Waals surface area contributed by atoms with Gasteiger partial charge in [-0.25, -0.2) is 0 Å². The molecule has 194 valence electrons. The highest BCUT2D eigenvalue weighted by Crippen LogP contribution is 2.39. The minimum atomic E-state index is 0.580. The number of furan rings is 1. The van der Waals surface area contributed by atoms with Gasteiger partial charge in [-0.1, -0.05) is 72.8 Å². The molecular formula is C38H21N3O. The molecule has 0 saturated carbocycles. The summed E-state index contributed by atoms with van der Waals surface area (Å²) in [5, 5.41) is 24.1. The van der Waals surface area contributed by atoms with Crippen molar-refractivity contribution < 1.29 is 4.42 Å². The summed E-state index contributed by atoms with van der Waals surface area (Å²) in [6, 6.07) is 47.4. The van der Waals surface area contributed by atoms with Crippen LogP contribution >= 0.6 is 0 Å². The highest BCUT2D eigenvalue weighted by molar-refractivity contribution is 6.10. The third kappa shape index (κ3) is 3.53. The Bertz CT molecular complexity index is 2450. The number of para-hydroxylation sites is 3. The van der Waals surface area contributed by atoms with Crippen molar-refractivity contribution in [2.24, 2.45) is 0 Å². The summed E-state index contributed by atoms with van der Waals surface area (Å²) in [6.07, 6.45) is 0. The molecule has 2 aromatic heterocycles. The van der Waals surface area contributed by atoms with Crippen LogP contribution in [0.1, 0.15) is 11.1 Å². The first-order valence-corrected chi connectivity index (χ1v) is 13.7. The number of nitrogens with zero attached hydrogens (tertiary/aromatic N) is 3. The smallest absolute Gasteiger partial charge is 0.135 e. The minimum Gasteiger partial charge on any atom is -0.456 e. The van der Waals surface area contributed by atoms with E-state index in [1.54, 1.807) is 0 Å². The number of aromatic nitrogens is 1. The van der Waals surface area contributed by atoms with Crippen molar-refractivity contribution in [3.8, 4) is 40.1 Å². The number of nitriles is 2. The number of fused-ring (bicyclic) bond motifs is 6. The Balaban J connectivity index is 1.36. The van der Waals surface area contributed by atoms with Gasteiger partial charge in [0.25, 0.3) is 0 Å². The molecule has 0 amide bonds. The summed E-state index contributed by atoms with van der Waals surface area (Å²) >= 11 is 0. The van der Waals surface area contributed by atoms with Crippen LogP contribution < -0.4 is 0 Å². The minimum absolute atomic E-state index is 0.580. The van der Waals surface area contributed by atoms with Gasteiger partial charge in [0, 0.05) is 27.1 Å². The molecule has 0 bridgehead atoms. The summed E-state index contributed by atoms with van der Waals surface area (Å²) in [6.45, 7) is 0. The van der Waals surface area contributed by atoms with Gasteiger partial charge in [0.05, 0.1) is 33.9 Å². The molecule has 0 saturated heterocycles. The van der Waals surface area contributed by atoms with E-state index >= 15 is 0 Å². The van der Waals surface area contributed by atoms with Gasteiger partial charge >= 0.3 is 0 Å². The second-order valence-electron chi connectivity index (χ2n) is 10.4. The summed E-state index contributed by atoms with van der Waals surface area (Å²) < 4.78 is 8.22. The zero-order chi connectivity index (χ0) is 28.2. The lowest BCUT2D eigenvalue weighted by molar-refractivity contribution is 0.669. The zero-order valence-corrected chi connectivity index (χ0v) is 22.4. The van der Waals surface area contributed by atoms with E-state index in [1.807, 2.05) is 66.7 Å². The van der Waals surface area contributed by atoms with E-state index in [2.05, 4.69) is 77.4 Å². The van der Waals surface area contributed by atoms with E-state index in [1.165, 1.54) is 0 Å². The molecule has 4 nitrogen and oxygen atoms in total. The maximum Gasteiger partial charge on any atom is 0.135 e. The Hall–Kier alpha value is -6.10. The van der Waals surface area contributed by atoms with Crippen LogP contribution in [0.3, 0.4) is 0 Å². The van der Waals surface area contributed by atoms with Gasteiger partial charge in [-0.15, -0.1) is 0 Å². The van der Waals surface area contributed by atoms with Crippen LogP contribution in [0, 0.1) is 22.7 Å². The van der Waals surface area contributed by atoms with Gasteiger partial charge < -0.3 is 8.98 Å². The van der Waals surface area contributed by atoms with E-state index in [0.717, 1.165) is 71.7 Å². The predicted molar refractivity (Wildman–Crippen MR) is 168 cm³/mol. The molecule has 4 heteroatoms. The fourth-order valence-corrected chi connectivity index (χ4v) is 6.16. The average molecular weight is 536 g/mol. The molecule has 6 aromatic carbocycles. The van der Waals surface area contributed by atoms with Crippen LogP contribution in [0.15, 0.2) is 132 Å². The van der Waals surface area contributed by atoms with Crippen molar-refractivity contribution in [1.29, 1.82) is 10.5 Å². The highest BCUT2D eigenvalue weighted by atomic mass is 16.3. The second-order valence-corrected chi connectivity index (χ2v) is 10.4. The van der Waals surface area contributed by atoms with Gasteiger partial charge in [0.1, 0.15) is 17.2 Å². The van der Waals surface area contributed by atoms with Crippen molar-refractivity contribution in [3.63, 3.8) is 0 Å². The molecule has 0 N–H and O–H groups in total. The first kappa shape index (κ1) is 23.8. The Morgan fingerprint density at radius 2 is 1.24 bits per heavy atom. The zero-order valence-electron chi connectivity index (χ0n) is 22.4. The van der Waals surface area contributed by atoms with E-state index in [9.17, 15) is 10.5 Å². The molecular weight excluding hydrogens is 514 g/mol. The lowest BCUT2D eigenvalue weighted by Gasteiger charge is -2.16. The lowest BCUT2D eigenvalue weighted by Crippen LogP contribution is -2.01. The molecule has 0 radical (unpaired) electrons. The van der Waals surface area contributed by atoms with Crippen molar-refractivity contribution in [1.82, 2.24) is 4.57 Å². The highest BCUT2D eigenvalue weighted by Gasteiger charge is 2.19. The Kier molecular flexibility index (Phi) is 5.22. The third-order valence-corrected chi connectivity index (χ3v) is 8.07. The Morgan fingerprint density at radius 1 is 0.500 bits per heavy atom. The maximum absolute atomic E-state index is 10.3. The van der Waals surface area contributed by atoms with E-state index < -0.39 is 0 Å². The van der Waals surface area contributed by atoms with Crippen LogP contribution in [-0.4, -0.2) is 4.57 Å². The molecule has 8 aromatic rings. The summed E-state index contributed by atoms with van der Waals surface area (Å²) in [4.78, 5) is 0. The molecule has 0 spiro atoms. The van der Waals surface area contributed by atoms with Crippen LogP contribution in [0.2, 0.25) is 0 Å². The number of rotatable bonds is 3. The molecule has 0 atom stereocenters. The molecule has 0 aliphatic rings. The molecule has 42 heavy (non-hydrogen) atoms. The molecule has 0 fully saturated rings. The fourth-order valence-electron chi connectivity index (χ4n) is 6.16. The van der Waals surface area contributed by atoms with Crippen LogP contribution in [-0.2, 0) is 0 Å². The molecule has 0 aliphatic carbocycles. The summed E-state index contributed by atoms with van der Waals surface area (Å²) in [7, 11) is 0. The van der Waals surface area contributed by atoms with Gasteiger partial charge in [-0.3, -0.25) is 0 Å². The standard InChI is InChI=1S/C38H21N3O/c39-22-24-15-17-35-32(19-24)30-10-1-3-13-34(30)41(35)38-28(23-40)9-6-12-29(38)27-8-5-7-25(20-27)26-16-18-37-33(21-26)31-11-2-4-14-36(31)42-37/h1-21H. The first-order valence-electron chi connectivity index (χ1n) is 13.7. The van der Waals surface area contributed by atoms with Crippen molar-refractivity contribution in [2.75, 3.05) is 0 Å². The normalized spacial score (nSPS) is 11.3. The molecule has 2 heterocycles. The Labute approximate surface area is 241 Å². The fraction of sp³-hybridized carbons (Fsp3) is 0. The Morgan fingerprint density at radius 3 is 2.12 bits per heavy atom. The lowest BCUT2D eigenvalue weighted by atomic mass is 9.95. The molecule has 0 aliphatic heterocycles. The van der Waals surface area contributed by atoms with Gasteiger partial charge in [0.2, 0.25) is 0 Å². The maximum atomic E-state index is 10.3. The second kappa shape index (κ2) is 9.24. The monoisotopic (exact) mass is 535 g/mol. The van der Waals surface area contributed by atoms with E-state index in [0.29, 0.717) is 11.1 Å². The number of hydrogen-bond donors (Lipinski definition) is 0. The first-order chi connectivity index (χ1) is 20.7. The van der Waals surface area contributed by atoms with Gasteiger partial charge in [-0.05, 0) is 71.3 Å². The van der Waals surface area contributed by atoms with Crippen LogP contribution in [0.5, 0.6) is 0 Å². The molecule has 8 rings (SSSR count). The number of benzene rings is 6. The van der Waals surface area contributed by atoms with Crippen molar-refractivity contribution in [2.45, 2.75) is 0 Å². The topological polar surface area (TPSA) is 65.7 Å². The van der Waals surface area contributed by atoms with Crippen LogP contribution in [0.4, 0.5) is 0 Å². The van der Waals surface area contributed by atoms with Gasteiger partial charge in [-0.2, -0.15) is 10.5 Å². The summed E-state index contributed by atoms with van der Waals surface area (Å²) in [5.74, 6) is 0. The van der Waals surface area contributed by atoms with Crippen molar-refractivity contribution >= 4 is 43.7 Å². The van der Waals surface area contributed by atoms with E-state index in [4.69, 9.17) is 4.42 Å². The van der Waals surface area contributed by atoms with Crippen LogP contribution in [0.25, 0.3) is 71.7 Å². The largest absolute Gasteiger partial charge is 0.456 e. The van der Waals surface area contributed by atoms with E-state index in [-0.39, 0.29) is 0 Å². The summed E-state index contributed by atoms with van der Waals surface area (Å²) in [5.41, 5.74) is 9.83. The quantitative estimate of drug-likeness (QED) is 0.226. The predicted octanol–water partition coefficient (Wildman–Crippen LogP) is 9.76. The van der Waals surface area contributed by atoms with Gasteiger partial charge in [0.15, 0.2) is 0 Å². The number of hydrogen-bond acceptors (Lipinski definition) is 3. The average Bonchev–Trinajstić information content (AvgIpc) is 3.59. The third-order valence-electron chi connectivity index (χ3n) is 8.07. The molecule has 0 unspecified atom stereocenters. The SMILES string of the molecule is N#Cc1ccc2c(c1)c1ccccc1n2-c1c(C#N)cccc1-c1cccc(-c2ccc3oc4ccccc4c3c2)c1. The van der Waals surface area contributed by atoms with Crippen molar-refractivity contribution in [3.05, 3.63) is 139 Å².